The maximum Gasteiger partial charge on any atom is 2.00 e. The summed E-state index contributed by atoms with van der Waals surface area (Å²) in [4.78, 5) is 10.7. The van der Waals surface area contributed by atoms with Crippen LogP contribution in [-0.4, -0.2) is 0 Å². The van der Waals surface area contributed by atoms with Gasteiger partial charge in [-0.1, -0.05) is 18.2 Å². The summed E-state index contributed by atoms with van der Waals surface area (Å²) in [6.07, 6.45) is 0. The van der Waals surface area contributed by atoms with Crippen LogP contribution in [0.1, 0.15) is 0 Å². The molecule has 0 radical (unpaired) electrons. The third kappa shape index (κ3) is 1.64. The second kappa shape index (κ2) is 3.68. The summed E-state index contributed by atoms with van der Waals surface area (Å²) in [6, 6.07) is 10.6. The summed E-state index contributed by atoms with van der Waals surface area (Å²) in [6.45, 7) is 0. The molecule has 2 nitrogen and oxygen atoms in total. The number of hydrogen-bond acceptors (Lipinski definition) is 2. The van der Waals surface area contributed by atoms with Gasteiger partial charge in [0.1, 0.15) is 5.58 Å². The minimum atomic E-state index is -0.302. The van der Waals surface area contributed by atoms with E-state index in [0.717, 1.165) is 5.39 Å². The Morgan fingerprint density at radius 2 is 1.75 bits per heavy atom. The summed E-state index contributed by atoms with van der Waals surface area (Å²) < 4.78 is 4.91. The molecule has 3 heteroatoms. The number of rotatable bonds is 0. The quantitative estimate of drug-likeness (QED) is 0.684. The fourth-order valence-corrected chi connectivity index (χ4v) is 1.01. The molecule has 0 atom stereocenters. The summed E-state index contributed by atoms with van der Waals surface area (Å²) in [5.41, 5.74) is 0.337. The predicted octanol–water partition coefficient (Wildman–Crippen LogP) is 1.79. The summed E-state index contributed by atoms with van der Waals surface area (Å²) >= 11 is 0. The molecule has 0 aliphatic carbocycles. The predicted molar refractivity (Wildman–Crippen MR) is 42.5 cm³/mol. The van der Waals surface area contributed by atoms with E-state index in [1.54, 1.807) is 12.1 Å². The fourth-order valence-electron chi connectivity index (χ4n) is 1.01. The monoisotopic (exact) mass is 341 g/mol. The van der Waals surface area contributed by atoms with Crippen LogP contribution in [0.2, 0.25) is 0 Å². The zero-order valence-corrected chi connectivity index (χ0v) is 8.37. The first kappa shape index (κ1) is 9.21. The Bertz CT molecular complexity index is 433. The van der Waals surface area contributed by atoms with Crippen LogP contribution in [0.15, 0.2) is 45.6 Å². The van der Waals surface area contributed by atoms with Crippen LogP contribution in [0.5, 0.6) is 0 Å². The molecular weight excluding hydrogens is 335 g/mol. The number of fused-ring (bicyclic) bond motifs is 1. The van der Waals surface area contributed by atoms with E-state index in [4.69, 9.17) is 4.42 Å². The molecule has 0 saturated heterocycles. The molecule has 1 heterocycles. The van der Waals surface area contributed by atoms with Crippen molar-refractivity contribution < 1.29 is 25.5 Å². The number of para-hydroxylation sites is 1. The minimum absolute atomic E-state index is 0. The van der Waals surface area contributed by atoms with Crippen LogP contribution in [0.4, 0.5) is 0 Å². The molecule has 2 rings (SSSR count). The Morgan fingerprint density at radius 3 is 2.58 bits per heavy atom. The molecule has 0 N–H and O–H groups in total. The third-order valence-electron chi connectivity index (χ3n) is 1.53. The third-order valence-corrected chi connectivity index (χ3v) is 1.53. The Kier molecular flexibility index (Phi) is 2.82. The van der Waals surface area contributed by atoms with Crippen LogP contribution in [0, 0.1) is 0 Å². The molecule has 0 bridgehead atoms. The average molecular weight is 341 g/mol. The first-order chi connectivity index (χ1) is 5.36. The van der Waals surface area contributed by atoms with Gasteiger partial charge in [-0.3, -0.25) is 0 Å². The first-order valence-electron chi connectivity index (χ1n) is 3.35. The van der Waals surface area contributed by atoms with Gasteiger partial charge >= 0.3 is 26.7 Å². The van der Waals surface area contributed by atoms with Crippen molar-refractivity contribution in [3.05, 3.63) is 46.8 Å². The van der Waals surface area contributed by atoms with Crippen molar-refractivity contribution in [2.45, 2.75) is 0 Å². The van der Waals surface area contributed by atoms with E-state index in [-0.39, 0.29) is 26.7 Å². The van der Waals surface area contributed by atoms with E-state index in [1.165, 1.54) is 6.07 Å². The smallest absolute Gasteiger partial charge is 0.423 e. The zero-order chi connectivity index (χ0) is 7.68. The Labute approximate surface area is 83.5 Å². The number of hydrogen-bond donors (Lipinski definition) is 0. The standard InChI is InChI=1S/C9H6O2.Pt/c10-9-6-5-7-3-1-2-4-8(7)11-9;/h1-6H;/q;+2. The van der Waals surface area contributed by atoms with Gasteiger partial charge in [-0.2, -0.15) is 0 Å². The molecule has 1 aromatic heterocycles. The summed E-state index contributed by atoms with van der Waals surface area (Å²) in [5.74, 6) is 0. The molecule has 2 aromatic rings. The average Bonchev–Trinajstić information content (AvgIpc) is 2.04. The van der Waals surface area contributed by atoms with Crippen molar-refractivity contribution >= 4 is 11.0 Å². The summed E-state index contributed by atoms with van der Waals surface area (Å²) in [5, 5.41) is 0.951. The van der Waals surface area contributed by atoms with Gasteiger partial charge in [0.15, 0.2) is 0 Å². The Balaban J connectivity index is 0.000000720. The Morgan fingerprint density at radius 1 is 1.00 bits per heavy atom. The minimum Gasteiger partial charge on any atom is -0.423 e. The van der Waals surface area contributed by atoms with Gasteiger partial charge in [0.2, 0.25) is 0 Å². The molecule has 62 valence electrons. The van der Waals surface area contributed by atoms with E-state index in [0.29, 0.717) is 5.58 Å². The largest absolute Gasteiger partial charge is 2.00 e. The second-order valence-corrected chi connectivity index (χ2v) is 2.29. The van der Waals surface area contributed by atoms with Crippen molar-refractivity contribution in [3.63, 3.8) is 0 Å². The maximum atomic E-state index is 10.7. The van der Waals surface area contributed by atoms with Gasteiger partial charge in [-0.25, -0.2) is 4.79 Å². The van der Waals surface area contributed by atoms with E-state index >= 15 is 0 Å². The topological polar surface area (TPSA) is 30.2 Å². The Hall–Kier alpha value is -0.882. The fraction of sp³-hybridized carbons (Fsp3) is 0. The maximum absolute atomic E-state index is 10.7. The molecule has 1 aromatic carbocycles. The van der Waals surface area contributed by atoms with E-state index in [2.05, 4.69) is 0 Å². The molecule has 0 saturated carbocycles. The first-order valence-corrected chi connectivity index (χ1v) is 3.35. The van der Waals surface area contributed by atoms with Crippen molar-refractivity contribution in [3.8, 4) is 0 Å². The number of benzene rings is 1. The normalized spacial score (nSPS) is 9.33. The van der Waals surface area contributed by atoms with Crippen LogP contribution >= 0.6 is 0 Å². The molecular formula is C9H6O2Pt+2. The van der Waals surface area contributed by atoms with Crippen molar-refractivity contribution in [2.75, 3.05) is 0 Å². The van der Waals surface area contributed by atoms with Crippen LogP contribution in [0.25, 0.3) is 11.0 Å². The second-order valence-electron chi connectivity index (χ2n) is 2.29. The van der Waals surface area contributed by atoms with E-state index in [1.807, 2.05) is 18.2 Å². The van der Waals surface area contributed by atoms with Crippen LogP contribution in [0.3, 0.4) is 0 Å². The van der Waals surface area contributed by atoms with Gasteiger partial charge in [0.05, 0.1) is 0 Å². The summed E-state index contributed by atoms with van der Waals surface area (Å²) in [7, 11) is 0. The van der Waals surface area contributed by atoms with Gasteiger partial charge < -0.3 is 4.42 Å². The van der Waals surface area contributed by atoms with Crippen LogP contribution < -0.4 is 5.63 Å². The molecule has 0 aliphatic rings. The van der Waals surface area contributed by atoms with Gasteiger partial charge in [0, 0.05) is 11.5 Å². The van der Waals surface area contributed by atoms with E-state index < -0.39 is 0 Å². The SMILES string of the molecule is O=c1ccc2ccccc2o1.[Pt+2]. The van der Waals surface area contributed by atoms with E-state index in [9.17, 15) is 4.79 Å². The molecule has 0 unspecified atom stereocenters. The van der Waals surface area contributed by atoms with Crippen molar-refractivity contribution in [1.29, 1.82) is 0 Å². The molecule has 0 aliphatic heterocycles. The molecule has 12 heavy (non-hydrogen) atoms. The molecule has 0 spiro atoms. The van der Waals surface area contributed by atoms with Gasteiger partial charge in [0.25, 0.3) is 0 Å². The zero-order valence-electron chi connectivity index (χ0n) is 6.10. The molecule has 0 amide bonds. The van der Waals surface area contributed by atoms with Gasteiger partial charge in [-0.05, 0) is 12.1 Å². The molecule has 0 fully saturated rings. The van der Waals surface area contributed by atoms with Crippen LogP contribution in [-0.2, 0) is 21.1 Å². The van der Waals surface area contributed by atoms with Crippen molar-refractivity contribution in [1.82, 2.24) is 0 Å². The van der Waals surface area contributed by atoms with Crippen molar-refractivity contribution in [2.24, 2.45) is 0 Å². The van der Waals surface area contributed by atoms with Gasteiger partial charge in [-0.15, -0.1) is 0 Å².